The molecule has 0 aliphatic heterocycles. The second-order valence-corrected chi connectivity index (χ2v) is 4.56. The average Bonchev–Trinajstić information content (AvgIpc) is 2.45. The zero-order valence-electron chi connectivity index (χ0n) is 7.52. The van der Waals surface area contributed by atoms with E-state index in [-0.39, 0.29) is 0 Å². The Morgan fingerprint density at radius 1 is 1.43 bits per heavy atom. The van der Waals surface area contributed by atoms with E-state index >= 15 is 0 Å². The molecular weight excluding hydrogens is 244 g/mol. The van der Waals surface area contributed by atoms with Gasteiger partial charge in [-0.1, -0.05) is 11.6 Å². The fourth-order valence-electron chi connectivity index (χ4n) is 1.73. The number of nitrogens with zero attached hydrogens (tertiary/aromatic N) is 4. The molecule has 5 heteroatoms. The molecule has 1 fully saturated rings. The lowest BCUT2D eigenvalue weighted by Crippen LogP contribution is -2.09. The fourth-order valence-corrected chi connectivity index (χ4v) is 2.03. The first-order chi connectivity index (χ1) is 6.84. The molecule has 1 aliphatic rings. The van der Waals surface area contributed by atoms with Crippen molar-refractivity contribution in [3.05, 3.63) is 22.6 Å². The van der Waals surface area contributed by atoms with Crippen molar-refractivity contribution in [1.29, 1.82) is 0 Å². The summed E-state index contributed by atoms with van der Waals surface area (Å²) in [7, 11) is 0. The van der Waals surface area contributed by atoms with Gasteiger partial charge in [0.1, 0.15) is 5.69 Å². The van der Waals surface area contributed by atoms with Gasteiger partial charge in [0, 0.05) is 18.3 Å². The third-order valence-corrected chi connectivity index (χ3v) is 3.15. The molecule has 2 aromatic rings. The van der Waals surface area contributed by atoms with Crippen LogP contribution < -0.4 is 0 Å². The van der Waals surface area contributed by atoms with Crippen molar-refractivity contribution in [3.63, 3.8) is 0 Å². The molecule has 2 aromatic heterocycles. The SMILES string of the molecule is Brc1cnc2c(C3CCC3)nnn2c1. The molecule has 4 nitrogen and oxygen atoms in total. The van der Waals surface area contributed by atoms with Crippen LogP contribution in [0.15, 0.2) is 16.9 Å². The van der Waals surface area contributed by atoms with Crippen molar-refractivity contribution < 1.29 is 0 Å². The molecule has 0 N–H and O–H groups in total. The molecular formula is C9H9BrN4. The van der Waals surface area contributed by atoms with E-state index in [0.29, 0.717) is 5.92 Å². The molecule has 14 heavy (non-hydrogen) atoms. The standard InChI is InChI=1S/C9H9BrN4/c10-7-4-11-9-8(6-2-1-3-6)12-13-14(9)5-7/h4-6H,1-3H2. The predicted molar refractivity (Wildman–Crippen MR) is 55.1 cm³/mol. The number of aromatic nitrogens is 4. The third-order valence-electron chi connectivity index (χ3n) is 2.74. The van der Waals surface area contributed by atoms with Crippen LogP contribution in [0.3, 0.4) is 0 Å². The summed E-state index contributed by atoms with van der Waals surface area (Å²) in [6, 6.07) is 0. The number of rotatable bonds is 1. The lowest BCUT2D eigenvalue weighted by atomic mass is 9.83. The highest BCUT2D eigenvalue weighted by Gasteiger charge is 2.25. The van der Waals surface area contributed by atoms with E-state index in [4.69, 9.17) is 0 Å². The number of hydrogen-bond donors (Lipinski definition) is 0. The Hall–Kier alpha value is -0.970. The predicted octanol–water partition coefficient (Wildman–Crippen LogP) is 2.15. The maximum atomic E-state index is 4.33. The van der Waals surface area contributed by atoms with Crippen molar-refractivity contribution in [1.82, 2.24) is 19.8 Å². The molecule has 3 rings (SSSR count). The number of halogens is 1. The van der Waals surface area contributed by atoms with Crippen molar-refractivity contribution in [2.24, 2.45) is 0 Å². The molecule has 0 aromatic carbocycles. The summed E-state index contributed by atoms with van der Waals surface area (Å²) in [6.07, 6.45) is 7.44. The number of hydrogen-bond acceptors (Lipinski definition) is 3. The van der Waals surface area contributed by atoms with Crippen molar-refractivity contribution in [3.8, 4) is 0 Å². The Morgan fingerprint density at radius 3 is 3.00 bits per heavy atom. The fraction of sp³-hybridized carbons (Fsp3) is 0.444. The smallest absolute Gasteiger partial charge is 0.179 e. The Morgan fingerprint density at radius 2 is 2.29 bits per heavy atom. The first-order valence-electron chi connectivity index (χ1n) is 4.71. The second-order valence-electron chi connectivity index (χ2n) is 3.64. The topological polar surface area (TPSA) is 43.1 Å². The molecule has 0 amide bonds. The second kappa shape index (κ2) is 3.02. The van der Waals surface area contributed by atoms with Gasteiger partial charge < -0.3 is 0 Å². The van der Waals surface area contributed by atoms with Crippen LogP contribution in [0.1, 0.15) is 30.9 Å². The first kappa shape index (κ1) is 8.35. The van der Waals surface area contributed by atoms with Gasteiger partial charge in [0.25, 0.3) is 0 Å². The summed E-state index contributed by atoms with van der Waals surface area (Å²) in [4.78, 5) is 4.33. The molecule has 1 aliphatic carbocycles. The van der Waals surface area contributed by atoms with Crippen LogP contribution in [0.4, 0.5) is 0 Å². The zero-order chi connectivity index (χ0) is 9.54. The highest BCUT2D eigenvalue weighted by atomic mass is 79.9. The quantitative estimate of drug-likeness (QED) is 0.782. The maximum absolute atomic E-state index is 4.33. The van der Waals surface area contributed by atoms with E-state index in [1.165, 1.54) is 19.3 Å². The van der Waals surface area contributed by atoms with Gasteiger partial charge in [0.2, 0.25) is 0 Å². The molecule has 0 unspecified atom stereocenters. The number of fused-ring (bicyclic) bond motifs is 1. The van der Waals surface area contributed by atoms with E-state index in [0.717, 1.165) is 15.8 Å². The third kappa shape index (κ3) is 1.15. The van der Waals surface area contributed by atoms with Crippen LogP contribution in [0.2, 0.25) is 0 Å². The molecule has 0 atom stereocenters. The van der Waals surface area contributed by atoms with Crippen LogP contribution in [-0.4, -0.2) is 19.8 Å². The van der Waals surface area contributed by atoms with Crippen LogP contribution in [0.25, 0.3) is 5.65 Å². The lowest BCUT2D eigenvalue weighted by Gasteiger charge is -2.22. The van der Waals surface area contributed by atoms with Crippen molar-refractivity contribution >= 4 is 21.6 Å². The Bertz CT molecular complexity index is 475. The molecule has 2 heterocycles. The zero-order valence-corrected chi connectivity index (χ0v) is 9.11. The minimum Gasteiger partial charge on any atom is -0.234 e. The summed E-state index contributed by atoms with van der Waals surface area (Å²) in [6.45, 7) is 0. The largest absolute Gasteiger partial charge is 0.234 e. The van der Waals surface area contributed by atoms with E-state index in [9.17, 15) is 0 Å². The summed E-state index contributed by atoms with van der Waals surface area (Å²) < 4.78 is 2.66. The summed E-state index contributed by atoms with van der Waals surface area (Å²) in [5.41, 5.74) is 1.96. The van der Waals surface area contributed by atoms with E-state index in [2.05, 4.69) is 31.2 Å². The lowest BCUT2D eigenvalue weighted by molar-refractivity contribution is 0.412. The van der Waals surface area contributed by atoms with Gasteiger partial charge >= 0.3 is 0 Å². The normalized spacial score (nSPS) is 17.2. The molecule has 1 saturated carbocycles. The van der Waals surface area contributed by atoms with E-state index in [1.807, 2.05) is 6.20 Å². The van der Waals surface area contributed by atoms with Gasteiger partial charge in [-0.2, -0.15) is 0 Å². The van der Waals surface area contributed by atoms with E-state index < -0.39 is 0 Å². The Kier molecular flexibility index (Phi) is 1.80. The van der Waals surface area contributed by atoms with Crippen LogP contribution in [0.5, 0.6) is 0 Å². The summed E-state index contributed by atoms with van der Waals surface area (Å²) in [5.74, 6) is 0.584. The van der Waals surface area contributed by atoms with Gasteiger partial charge in [-0.25, -0.2) is 9.50 Å². The molecule has 0 bridgehead atoms. The Labute approximate surface area is 89.5 Å². The van der Waals surface area contributed by atoms with Gasteiger partial charge in [-0.15, -0.1) is 5.10 Å². The molecule has 0 spiro atoms. The van der Waals surface area contributed by atoms with Crippen molar-refractivity contribution in [2.45, 2.75) is 25.2 Å². The van der Waals surface area contributed by atoms with Gasteiger partial charge in [-0.05, 0) is 28.8 Å². The monoisotopic (exact) mass is 252 g/mol. The van der Waals surface area contributed by atoms with Crippen LogP contribution >= 0.6 is 15.9 Å². The highest BCUT2D eigenvalue weighted by molar-refractivity contribution is 9.10. The molecule has 0 saturated heterocycles. The van der Waals surface area contributed by atoms with Gasteiger partial charge in [0.15, 0.2) is 5.65 Å². The van der Waals surface area contributed by atoms with Gasteiger partial charge in [0.05, 0.1) is 4.47 Å². The summed E-state index contributed by atoms with van der Waals surface area (Å²) in [5, 5.41) is 8.24. The van der Waals surface area contributed by atoms with Crippen molar-refractivity contribution in [2.75, 3.05) is 0 Å². The maximum Gasteiger partial charge on any atom is 0.179 e. The minimum absolute atomic E-state index is 0.584. The highest BCUT2D eigenvalue weighted by Crippen LogP contribution is 2.36. The first-order valence-corrected chi connectivity index (χ1v) is 5.50. The Balaban J connectivity index is 2.16. The summed E-state index contributed by atoms with van der Waals surface area (Å²) >= 11 is 3.36. The molecule has 0 radical (unpaired) electrons. The van der Waals surface area contributed by atoms with Crippen LogP contribution in [0, 0.1) is 0 Å². The van der Waals surface area contributed by atoms with Gasteiger partial charge in [-0.3, -0.25) is 0 Å². The van der Waals surface area contributed by atoms with Crippen LogP contribution in [-0.2, 0) is 0 Å². The molecule has 72 valence electrons. The average molecular weight is 253 g/mol. The minimum atomic E-state index is 0.584. The van der Waals surface area contributed by atoms with E-state index in [1.54, 1.807) is 10.7 Å².